The highest BCUT2D eigenvalue weighted by Crippen LogP contribution is 2.36. The number of carbonyl (C=O) groups excluding carboxylic acids is 1. The van der Waals surface area contributed by atoms with Crippen LogP contribution < -0.4 is 10.1 Å². The molecule has 8 heteroatoms. The Balaban J connectivity index is 1.52. The Bertz CT molecular complexity index is 1120. The van der Waals surface area contributed by atoms with Crippen LogP contribution >= 0.6 is 23.2 Å². The fourth-order valence-corrected chi connectivity index (χ4v) is 3.36. The van der Waals surface area contributed by atoms with Crippen LogP contribution in [-0.2, 0) is 0 Å². The van der Waals surface area contributed by atoms with Crippen molar-refractivity contribution >= 4 is 34.8 Å². The summed E-state index contributed by atoms with van der Waals surface area (Å²) in [6.45, 7) is 0. The first-order valence-electron chi connectivity index (χ1n) is 8.59. The minimum Gasteiger partial charge on any atom is -0.437 e. The predicted octanol–water partition coefficient (Wildman–Crippen LogP) is 5.82. The summed E-state index contributed by atoms with van der Waals surface area (Å²) in [5.41, 5.74) is 2.07. The standard InChI is InChI=1S/C21H14Cl2N4O2/c22-16-4-1-5-17(23)19(16)15-8-10-25-20(15)21(28)27-13-6-7-18(26-11-13)29-14-3-2-9-24-12-14/h1-12,25H,(H,27,28). The lowest BCUT2D eigenvalue weighted by Gasteiger charge is -2.10. The lowest BCUT2D eigenvalue weighted by atomic mass is 10.1. The number of nitrogens with zero attached hydrogens (tertiary/aromatic N) is 2. The SMILES string of the molecule is O=C(Nc1ccc(Oc2cccnc2)nc1)c1[nH]ccc1-c1c(Cl)cccc1Cl. The van der Waals surface area contributed by atoms with Crippen LogP contribution in [0.3, 0.4) is 0 Å². The summed E-state index contributed by atoms with van der Waals surface area (Å²) >= 11 is 12.6. The Labute approximate surface area is 176 Å². The summed E-state index contributed by atoms with van der Waals surface area (Å²) in [5.74, 6) is 0.618. The lowest BCUT2D eigenvalue weighted by molar-refractivity contribution is 0.102. The molecular weight excluding hydrogens is 411 g/mol. The molecule has 29 heavy (non-hydrogen) atoms. The number of aromatic amines is 1. The fraction of sp³-hybridized carbons (Fsp3) is 0. The molecule has 4 aromatic rings. The molecule has 2 N–H and O–H groups in total. The number of aromatic nitrogens is 3. The quantitative estimate of drug-likeness (QED) is 0.422. The summed E-state index contributed by atoms with van der Waals surface area (Å²) in [7, 11) is 0. The van der Waals surface area contributed by atoms with Crippen molar-refractivity contribution in [2.75, 3.05) is 5.32 Å². The third-order valence-corrected chi connectivity index (χ3v) is 4.69. The van der Waals surface area contributed by atoms with E-state index in [4.69, 9.17) is 27.9 Å². The maximum atomic E-state index is 12.8. The van der Waals surface area contributed by atoms with E-state index < -0.39 is 0 Å². The van der Waals surface area contributed by atoms with E-state index in [0.29, 0.717) is 44.2 Å². The maximum Gasteiger partial charge on any atom is 0.272 e. The van der Waals surface area contributed by atoms with Crippen LogP contribution in [-0.4, -0.2) is 20.9 Å². The Morgan fingerprint density at radius 3 is 2.52 bits per heavy atom. The number of benzene rings is 1. The van der Waals surface area contributed by atoms with Gasteiger partial charge in [-0.2, -0.15) is 0 Å². The number of hydrogen-bond donors (Lipinski definition) is 2. The number of hydrogen-bond acceptors (Lipinski definition) is 4. The molecule has 0 spiro atoms. The summed E-state index contributed by atoms with van der Waals surface area (Å²) in [6, 6.07) is 13.8. The number of H-pyrrole nitrogens is 1. The van der Waals surface area contributed by atoms with Crippen LogP contribution in [0.15, 0.2) is 73.3 Å². The normalized spacial score (nSPS) is 10.6. The Morgan fingerprint density at radius 1 is 1.00 bits per heavy atom. The zero-order valence-electron chi connectivity index (χ0n) is 14.9. The topological polar surface area (TPSA) is 79.9 Å². The third-order valence-electron chi connectivity index (χ3n) is 4.06. The molecule has 0 unspecified atom stereocenters. The Morgan fingerprint density at radius 2 is 1.83 bits per heavy atom. The van der Waals surface area contributed by atoms with Crippen molar-refractivity contribution in [3.05, 3.63) is 89.1 Å². The van der Waals surface area contributed by atoms with Gasteiger partial charge in [0.1, 0.15) is 11.4 Å². The van der Waals surface area contributed by atoms with Gasteiger partial charge in [0, 0.05) is 39.6 Å². The number of nitrogens with one attached hydrogen (secondary N) is 2. The second-order valence-corrected chi connectivity index (χ2v) is 6.81. The molecule has 0 fully saturated rings. The Hall–Kier alpha value is -3.35. The lowest BCUT2D eigenvalue weighted by Crippen LogP contribution is -2.13. The van der Waals surface area contributed by atoms with Gasteiger partial charge in [0.2, 0.25) is 5.88 Å². The van der Waals surface area contributed by atoms with Gasteiger partial charge in [-0.15, -0.1) is 0 Å². The molecule has 0 aliphatic heterocycles. The van der Waals surface area contributed by atoms with Crippen LogP contribution in [0.1, 0.15) is 10.5 Å². The number of halogens is 2. The molecule has 0 saturated carbocycles. The van der Waals surface area contributed by atoms with E-state index in [1.807, 2.05) is 0 Å². The summed E-state index contributed by atoms with van der Waals surface area (Å²) in [6.07, 6.45) is 6.41. The van der Waals surface area contributed by atoms with Crippen molar-refractivity contribution in [1.29, 1.82) is 0 Å². The number of pyridine rings is 2. The Kier molecular flexibility index (Phi) is 5.46. The molecule has 0 saturated heterocycles. The number of amides is 1. The smallest absolute Gasteiger partial charge is 0.272 e. The third kappa shape index (κ3) is 4.23. The predicted molar refractivity (Wildman–Crippen MR) is 113 cm³/mol. The first kappa shape index (κ1) is 19.0. The zero-order chi connectivity index (χ0) is 20.2. The molecule has 3 aromatic heterocycles. The highest BCUT2D eigenvalue weighted by Gasteiger charge is 2.18. The highest BCUT2D eigenvalue weighted by molar-refractivity contribution is 6.39. The second kappa shape index (κ2) is 8.34. The van der Waals surface area contributed by atoms with Gasteiger partial charge in [-0.3, -0.25) is 9.78 Å². The number of rotatable bonds is 5. The molecule has 0 bridgehead atoms. The van der Waals surface area contributed by atoms with Gasteiger partial charge in [-0.1, -0.05) is 29.3 Å². The van der Waals surface area contributed by atoms with Gasteiger partial charge in [-0.25, -0.2) is 4.98 Å². The largest absolute Gasteiger partial charge is 0.437 e. The minimum absolute atomic E-state index is 0.343. The molecule has 4 rings (SSSR count). The van der Waals surface area contributed by atoms with E-state index >= 15 is 0 Å². The molecule has 3 heterocycles. The average Bonchev–Trinajstić information content (AvgIpc) is 3.20. The average molecular weight is 425 g/mol. The van der Waals surface area contributed by atoms with Crippen LogP contribution in [0.5, 0.6) is 11.6 Å². The van der Waals surface area contributed by atoms with Crippen molar-refractivity contribution in [2.24, 2.45) is 0 Å². The van der Waals surface area contributed by atoms with E-state index in [0.717, 1.165) is 0 Å². The second-order valence-electron chi connectivity index (χ2n) is 5.99. The van der Waals surface area contributed by atoms with Crippen LogP contribution in [0, 0.1) is 0 Å². The number of ether oxygens (including phenoxy) is 1. The van der Waals surface area contributed by atoms with Gasteiger partial charge >= 0.3 is 0 Å². The summed E-state index contributed by atoms with van der Waals surface area (Å²) < 4.78 is 5.59. The van der Waals surface area contributed by atoms with Gasteiger partial charge in [0.25, 0.3) is 5.91 Å². The summed E-state index contributed by atoms with van der Waals surface area (Å²) in [4.78, 5) is 23.9. The number of anilines is 1. The highest BCUT2D eigenvalue weighted by atomic mass is 35.5. The maximum absolute atomic E-state index is 12.8. The van der Waals surface area contributed by atoms with E-state index in [2.05, 4.69) is 20.3 Å². The van der Waals surface area contributed by atoms with E-state index in [1.165, 1.54) is 6.20 Å². The molecule has 1 aromatic carbocycles. The zero-order valence-corrected chi connectivity index (χ0v) is 16.4. The first-order chi connectivity index (χ1) is 14.1. The fourth-order valence-electron chi connectivity index (χ4n) is 2.76. The van der Waals surface area contributed by atoms with Gasteiger partial charge < -0.3 is 15.0 Å². The van der Waals surface area contributed by atoms with Gasteiger partial charge in [-0.05, 0) is 36.4 Å². The van der Waals surface area contributed by atoms with Crippen molar-refractivity contribution in [3.63, 3.8) is 0 Å². The van der Waals surface area contributed by atoms with Gasteiger partial charge in [0.15, 0.2) is 0 Å². The minimum atomic E-state index is -0.344. The summed E-state index contributed by atoms with van der Waals surface area (Å²) in [5, 5.41) is 3.72. The van der Waals surface area contributed by atoms with Crippen LogP contribution in [0.25, 0.3) is 11.1 Å². The van der Waals surface area contributed by atoms with Crippen LogP contribution in [0.4, 0.5) is 5.69 Å². The van der Waals surface area contributed by atoms with Crippen molar-refractivity contribution in [2.45, 2.75) is 0 Å². The molecule has 0 atom stereocenters. The van der Waals surface area contributed by atoms with E-state index in [-0.39, 0.29) is 5.91 Å². The van der Waals surface area contributed by atoms with Crippen molar-refractivity contribution in [3.8, 4) is 22.8 Å². The molecule has 0 radical (unpaired) electrons. The molecule has 1 amide bonds. The van der Waals surface area contributed by atoms with Crippen molar-refractivity contribution in [1.82, 2.24) is 15.0 Å². The molecular formula is C21H14Cl2N4O2. The monoisotopic (exact) mass is 424 g/mol. The van der Waals surface area contributed by atoms with Crippen LogP contribution in [0.2, 0.25) is 10.0 Å². The molecule has 0 aliphatic carbocycles. The number of carbonyl (C=O) groups is 1. The van der Waals surface area contributed by atoms with E-state index in [1.54, 1.807) is 67.1 Å². The molecule has 0 aliphatic rings. The van der Waals surface area contributed by atoms with E-state index in [9.17, 15) is 4.79 Å². The molecule has 6 nitrogen and oxygen atoms in total. The molecule has 144 valence electrons. The van der Waals surface area contributed by atoms with Gasteiger partial charge in [0.05, 0.1) is 18.1 Å². The van der Waals surface area contributed by atoms with Crippen molar-refractivity contribution < 1.29 is 9.53 Å². The first-order valence-corrected chi connectivity index (χ1v) is 9.34.